The Balaban J connectivity index is 2.20. The van der Waals surface area contributed by atoms with Crippen LogP contribution in [0, 0.1) is 13.8 Å². The van der Waals surface area contributed by atoms with Crippen LogP contribution >= 0.6 is 27.3 Å². The highest BCUT2D eigenvalue weighted by atomic mass is 79.9. The fraction of sp³-hybridized carbons (Fsp3) is 0.500. The van der Waals surface area contributed by atoms with Crippen LogP contribution in [-0.2, 0) is 13.0 Å². The van der Waals surface area contributed by atoms with Crippen molar-refractivity contribution in [2.24, 2.45) is 5.73 Å². The van der Waals surface area contributed by atoms with Gasteiger partial charge in [0.2, 0.25) is 0 Å². The van der Waals surface area contributed by atoms with E-state index in [0.717, 1.165) is 28.9 Å². The molecule has 1 unspecified atom stereocenters. The second-order valence-corrected chi connectivity index (χ2v) is 7.43. The molecule has 2 heterocycles. The van der Waals surface area contributed by atoms with E-state index in [1.807, 2.05) is 0 Å². The zero-order valence-electron chi connectivity index (χ0n) is 11.6. The normalized spacial score (nSPS) is 12.9. The van der Waals surface area contributed by atoms with Crippen molar-refractivity contribution >= 4 is 27.3 Å². The molecular weight excluding hydrogens is 322 g/mol. The molecule has 0 saturated carbocycles. The van der Waals surface area contributed by atoms with Crippen molar-refractivity contribution in [1.29, 1.82) is 0 Å². The maximum absolute atomic E-state index is 6.07. The number of thiophene rings is 1. The average molecular weight is 342 g/mol. The van der Waals surface area contributed by atoms with Gasteiger partial charge in [-0.3, -0.25) is 4.68 Å². The molecule has 2 aromatic rings. The highest BCUT2D eigenvalue weighted by Gasteiger charge is 2.14. The second kappa shape index (κ2) is 6.20. The largest absolute Gasteiger partial charge is 0.327 e. The first-order valence-electron chi connectivity index (χ1n) is 6.54. The summed E-state index contributed by atoms with van der Waals surface area (Å²) >= 11 is 5.25. The molecule has 0 radical (unpaired) electrons. The van der Waals surface area contributed by atoms with Crippen molar-refractivity contribution in [1.82, 2.24) is 9.78 Å². The summed E-state index contributed by atoms with van der Waals surface area (Å²) in [5, 5.41) is 4.65. The summed E-state index contributed by atoms with van der Waals surface area (Å²) in [7, 11) is 0. The fourth-order valence-corrected chi connectivity index (χ4v) is 3.64. The van der Waals surface area contributed by atoms with Crippen LogP contribution in [-0.4, -0.2) is 15.8 Å². The number of nitrogens with zero attached hydrogens (tertiary/aromatic N) is 2. The Bertz CT molecular complexity index is 559. The number of rotatable bonds is 5. The van der Waals surface area contributed by atoms with Crippen LogP contribution in [0.25, 0.3) is 0 Å². The Morgan fingerprint density at radius 3 is 2.74 bits per heavy atom. The van der Waals surface area contributed by atoms with Gasteiger partial charge in [-0.15, -0.1) is 11.3 Å². The van der Waals surface area contributed by atoms with E-state index in [9.17, 15) is 0 Å². The monoisotopic (exact) mass is 341 g/mol. The van der Waals surface area contributed by atoms with Crippen molar-refractivity contribution in [2.75, 3.05) is 0 Å². The van der Waals surface area contributed by atoms with Gasteiger partial charge < -0.3 is 5.73 Å². The van der Waals surface area contributed by atoms with Gasteiger partial charge in [0.05, 0.1) is 16.0 Å². The topological polar surface area (TPSA) is 43.8 Å². The average Bonchev–Trinajstić information content (AvgIpc) is 2.88. The van der Waals surface area contributed by atoms with E-state index in [2.05, 4.69) is 58.6 Å². The molecule has 0 aliphatic rings. The summed E-state index contributed by atoms with van der Waals surface area (Å²) in [6, 6.07) is 4.45. The van der Waals surface area contributed by atoms with E-state index in [-0.39, 0.29) is 6.04 Å². The minimum atomic E-state index is 0.228. The summed E-state index contributed by atoms with van der Waals surface area (Å²) in [5.74, 6) is 0. The van der Waals surface area contributed by atoms with Gasteiger partial charge in [-0.2, -0.15) is 5.10 Å². The molecule has 0 saturated heterocycles. The molecule has 3 nitrogen and oxygen atoms in total. The Kier molecular flexibility index (Phi) is 4.81. The molecule has 0 bridgehead atoms. The van der Waals surface area contributed by atoms with Crippen molar-refractivity contribution < 1.29 is 0 Å². The van der Waals surface area contributed by atoms with Crippen molar-refractivity contribution in [3.8, 4) is 0 Å². The summed E-state index contributed by atoms with van der Waals surface area (Å²) < 4.78 is 3.25. The van der Waals surface area contributed by atoms with Gasteiger partial charge >= 0.3 is 0 Å². The molecule has 0 aliphatic heterocycles. The SMILES string of the molecule is CCC(N)Cc1c(C)nn(Cc2ccc(Br)s2)c1C. The molecule has 0 amide bonds. The van der Waals surface area contributed by atoms with Crippen molar-refractivity contribution in [2.45, 2.75) is 46.2 Å². The van der Waals surface area contributed by atoms with Gasteiger partial charge in [0.15, 0.2) is 0 Å². The van der Waals surface area contributed by atoms with Crippen molar-refractivity contribution in [3.63, 3.8) is 0 Å². The minimum absolute atomic E-state index is 0.228. The Labute approximate surface area is 126 Å². The van der Waals surface area contributed by atoms with Gasteiger partial charge in [-0.25, -0.2) is 0 Å². The third-order valence-electron chi connectivity index (χ3n) is 3.46. The zero-order valence-corrected chi connectivity index (χ0v) is 14.0. The zero-order chi connectivity index (χ0) is 14.0. The fourth-order valence-electron chi connectivity index (χ4n) is 2.17. The smallest absolute Gasteiger partial charge is 0.0755 e. The first-order valence-corrected chi connectivity index (χ1v) is 8.14. The van der Waals surface area contributed by atoms with E-state index in [1.54, 1.807) is 11.3 Å². The molecule has 0 fully saturated rings. The van der Waals surface area contributed by atoms with E-state index in [0.29, 0.717) is 0 Å². The predicted octanol–water partition coefficient (Wildman–Crippen LogP) is 3.65. The molecule has 1 atom stereocenters. The quantitative estimate of drug-likeness (QED) is 0.901. The second-order valence-electron chi connectivity index (χ2n) is 4.89. The van der Waals surface area contributed by atoms with Crippen LogP contribution in [0.3, 0.4) is 0 Å². The van der Waals surface area contributed by atoms with Gasteiger partial charge in [0.1, 0.15) is 0 Å². The van der Waals surface area contributed by atoms with Gasteiger partial charge in [-0.1, -0.05) is 6.92 Å². The number of aryl methyl sites for hydroxylation is 1. The molecule has 2 aromatic heterocycles. The Hall–Kier alpha value is -0.650. The Morgan fingerprint density at radius 1 is 1.42 bits per heavy atom. The number of hydrogen-bond acceptors (Lipinski definition) is 3. The van der Waals surface area contributed by atoms with Gasteiger partial charge in [-0.05, 0) is 60.3 Å². The highest BCUT2D eigenvalue weighted by Crippen LogP contribution is 2.24. The number of aromatic nitrogens is 2. The van der Waals surface area contributed by atoms with E-state index >= 15 is 0 Å². The lowest BCUT2D eigenvalue weighted by molar-refractivity contribution is 0.637. The minimum Gasteiger partial charge on any atom is -0.327 e. The summed E-state index contributed by atoms with van der Waals surface area (Å²) in [5.41, 5.74) is 9.73. The summed E-state index contributed by atoms with van der Waals surface area (Å²) in [4.78, 5) is 1.31. The van der Waals surface area contributed by atoms with Crippen LogP contribution in [0.1, 0.15) is 35.2 Å². The molecule has 0 spiro atoms. The van der Waals surface area contributed by atoms with Crippen LogP contribution in [0.5, 0.6) is 0 Å². The molecular formula is C14H20BrN3S. The molecule has 0 aliphatic carbocycles. The number of hydrogen-bond donors (Lipinski definition) is 1. The predicted molar refractivity (Wildman–Crippen MR) is 84.8 cm³/mol. The van der Waals surface area contributed by atoms with E-state index < -0.39 is 0 Å². The maximum Gasteiger partial charge on any atom is 0.0755 e. The molecule has 19 heavy (non-hydrogen) atoms. The van der Waals surface area contributed by atoms with Crippen LogP contribution in [0.2, 0.25) is 0 Å². The number of halogens is 1. The molecule has 2 N–H and O–H groups in total. The molecule has 2 rings (SSSR count). The van der Waals surface area contributed by atoms with E-state index in [4.69, 9.17) is 5.73 Å². The van der Waals surface area contributed by atoms with Gasteiger partial charge in [0, 0.05) is 16.6 Å². The van der Waals surface area contributed by atoms with Gasteiger partial charge in [0.25, 0.3) is 0 Å². The van der Waals surface area contributed by atoms with Crippen LogP contribution < -0.4 is 5.73 Å². The van der Waals surface area contributed by atoms with Crippen LogP contribution in [0.15, 0.2) is 15.9 Å². The summed E-state index contributed by atoms with van der Waals surface area (Å²) in [6.07, 6.45) is 1.92. The lowest BCUT2D eigenvalue weighted by Crippen LogP contribution is -2.22. The summed E-state index contributed by atoms with van der Waals surface area (Å²) in [6.45, 7) is 7.18. The molecule has 5 heteroatoms. The third kappa shape index (κ3) is 3.46. The lowest BCUT2D eigenvalue weighted by Gasteiger charge is -2.09. The van der Waals surface area contributed by atoms with Crippen LogP contribution in [0.4, 0.5) is 0 Å². The molecule has 104 valence electrons. The van der Waals surface area contributed by atoms with Crippen molar-refractivity contribution in [3.05, 3.63) is 37.7 Å². The van der Waals surface area contributed by atoms with E-state index in [1.165, 1.54) is 16.1 Å². The standard InChI is InChI=1S/C14H20BrN3S/c1-4-11(16)7-13-9(2)17-18(10(13)3)8-12-5-6-14(15)19-12/h5-6,11H,4,7-8,16H2,1-3H3. The first-order chi connectivity index (χ1) is 9.01. The third-order valence-corrected chi connectivity index (χ3v) is 5.06. The maximum atomic E-state index is 6.07. The number of nitrogens with two attached hydrogens (primary N) is 1. The lowest BCUT2D eigenvalue weighted by atomic mass is 10.0. The first kappa shape index (κ1) is 14.8. The highest BCUT2D eigenvalue weighted by molar-refractivity contribution is 9.11. The Morgan fingerprint density at radius 2 is 2.16 bits per heavy atom. The molecule has 0 aromatic carbocycles.